The van der Waals surface area contributed by atoms with Gasteiger partial charge in [0.05, 0.1) is 18.4 Å². The van der Waals surface area contributed by atoms with Crippen LogP contribution in [0, 0.1) is 5.92 Å². The van der Waals surface area contributed by atoms with Gasteiger partial charge in [0.2, 0.25) is 0 Å². The maximum atomic E-state index is 5.91. The third-order valence-corrected chi connectivity index (χ3v) is 2.94. The highest BCUT2D eigenvalue weighted by Crippen LogP contribution is 2.33. The summed E-state index contributed by atoms with van der Waals surface area (Å²) in [4.78, 5) is 0. The molecule has 0 spiro atoms. The van der Waals surface area contributed by atoms with Crippen molar-refractivity contribution in [1.82, 2.24) is 20.2 Å². The molecule has 6 heteroatoms. The Labute approximate surface area is 112 Å². The van der Waals surface area contributed by atoms with E-state index in [0.717, 1.165) is 18.5 Å². The Morgan fingerprint density at radius 3 is 2.84 bits per heavy atom. The molecule has 2 aromatic rings. The Bertz CT molecular complexity index is 550. The van der Waals surface area contributed by atoms with Gasteiger partial charge >= 0.3 is 0 Å². The summed E-state index contributed by atoms with van der Waals surface area (Å²) in [5, 5.41) is 11.9. The molecule has 0 aliphatic carbocycles. The lowest BCUT2D eigenvalue weighted by Crippen LogP contribution is -2.06. The van der Waals surface area contributed by atoms with Gasteiger partial charge < -0.3 is 10.5 Å². The number of hydrogen-bond acceptors (Lipinski definition) is 5. The van der Waals surface area contributed by atoms with E-state index in [9.17, 15) is 0 Å². The lowest BCUT2D eigenvalue weighted by Gasteiger charge is -2.11. The number of benzene rings is 1. The minimum absolute atomic E-state index is 0.582. The van der Waals surface area contributed by atoms with E-state index in [0.29, 0.717) is 23.2 Å². The van der Waals surface area contributed by atoms with Gasteiger partial charge in [-0.1, -0.05) is 19.9 Å². The number of aromatic nitrogens is 4. The second-order valence-corrected chi connectivity index (χ2v) is 4.84. The second-order valence-electron chi connectivity index (χ2n) is 4.84. The zero-order valence-corrected chi connectivity index (χ0v) is 11.5. The average Bonchev–Trinajstić information content (AvgIpc) is 2.84. The monoisotopic (exact) mass is 261 g/mol. The van der Waals surface area contributed by atoms with Crippen LogP contribution in [0.1, 0.15) is 20.3 Å². The molecule has 2 N–H and O–H groups in total. The van der Waals surface area contributed by atoms with E-state index in [-0.39, 0.29) is 0 Å². The first-order chi connectivity index (χ1) is 9.13. The van der Waals surface area contributed by atoms with Crippen LogP contribution in [0.15, 0.2) is 18.2 Å². The maximum absolute atomic E-state index is 5.91. The number of methoxy groups -OCH3 is 1. The van der Waals surface area contributed by atoms with Gasteiger partial charge in [0, 0.05) is 6.54 Å². The highest BCUT2D eigenvalue weighted by atomic mass is 16.5. The SMILES string of the molecule is COc1c(N)cccc1-c1nnnn1CCC(C)C. The molecule has 0 unspecified atom stereocenters. The molecule has 0 fully saturated rings. The molecule has 0 radical (unpaired) electrons. The van der Waals surface area contributed by atoms with E-state index in [4.69, 9.17) is 10.5 Å². The Hall–Kier alpha value is -2.11. The van der Waals surface area contributed by atoms with Crippen molar-refractivity contribution in [2.75, 3.05) is 12.8 Å². The van der Waals surface area contributed by atoms with Crippen molar-refractivity contribution in [2.45, 2.75) is 26.8 Å². The number of rotatable bonds is 5. The van der Waals surface area contributed by atoms with Crippen LogP contribution in [-0.4, -0.2) is 27.3 Å². The number of anilines is 1. The summed E-state index contributed by atoms with van der Waals surface area (Å²) in [6.45, 7) is 5.12. The molecule has 0 aliphatic rings. The first-order valence-electron chi connectivity index (χ1n) is 6.32. The van der Waals surface area contributed by atoms with Crippen LogP contribution < -0.4 is 10.5 Å². The molecule has 6 nitrogen and oxygen atoms in total. The van der Waals surface area contributed by atoms with E-state index in [1.54, 1.807) is 17.9 Å². The second kappa shape index (κ2) is 5.69. The van der Waals surface area contributed by atoms with Gasteiger partial charge in [-0.3, -0.25) is 0 Å². The third-order valence-electron chi connectivity index (χ3n) is 2.94. The molecule has 0 saturated heterocycles. The molecule has 0 aliphatic heterocycles. The molecule has 1 aromatic heterocycles. The first kappa shape index (κ1) is 13.3. The lowest BCUT2D eigenvalue weighted by molar-refractivity contribution is 0.417. The zero-order valence-electron chi connectivity index (χ0n) is 11.5. The van der Waals surface area contributed by atoms with E-state index in [2.05, 4.69) is 29.4 Å². The fourth-order valence-corrected chi connectivity index (χ4v) is 1.89. The molecular formula is C13H19N5O. The van der Waals surface area contributed by atoms with Gasteiger partial charge in [0.1, 0.15) is 0 Å². The van der Waals surface area contributed by atoms with Crippen LogP contribution in [0.4, 0.5) is 5.69 Å². The van der Waals surface area contributed by atoms with Gasteiger partial charge in [-0.05, 0) is 34.9 Å². The molecule has 0 atom stereocenters. The molecule has 2 rings (SSSR count). The number of aryl methyl sites for hydroxylation is 1. The Kier molecular flexibility index (Phi) is 3.99. The van der Waals surface area contributed by atoms with Gasteiger partial charge in [-0.2, -0.15) is 0 Å². The Balaban J connectivity index is 2.37. The number of nitrogens with two attached hydrogens (primary N) is 1. The van der Waals surface area contributed by atoms with Crippen LogP contribution in [0.2, 0.25) is 0 Å². The molecule has 0 bridgehead atoms. The van der Waals surface area contributed by atoms with Crippen LogP contribution in [-0.2, 0) is 6.54 Å². The molecule has 1 aromatic carbocycles. The van der Waals surface area contributed by atoms with Crippen molar-refractivity contribution >= 4 is 5.69 Å². The highest BCUT2D eigenvalue weighted by Gasteiger charge is 2.15. The standard InChI is InChI=1S/C13H19N5O/c1-9(2)7-8-18-13(15-16-17-18)10-5-4-6-11(14)12(10)19-3/h4-6,9H,7-8,14H2,1-3H3. The Morgan fingerprint density at radius 1 is 1.37 bits per heavy atom. The van der Waals surface area contributed by atoms with Crippen LogP contribution in [0.3, 0.4) is 0 Å². The summed E-state index contributed by atoms with van der Waals surface area (Å²) >= 11 is 0. The van der Waals surface area contributed by atoms with Crippen molar-refractivity contribution in [3.63, 3.8) is 0 Å². The summed E-state index contributed by atoms with van der Waals surface area (Å²) < 4.78 is 7.14. The van der Waals surface area contributed by atoms with E-state index in [1.807, 2.05) is 12.1 Å². The van der Waals surface area contributed by atoms with Gasteiger partial charge in [0.25, 0.3) is 0 Å². The van der Waals surface area contributed by atoms with Gasteiger partial charge in [-0.15, -0.1) is 5.10 Å². The fraction of sp³-hybridized carbons (Fsp3) is 0.462. The summed E-state index contributed by atoms with van der Waals surface area (Å²) in [5.74, 6) is 1.90. The lowest BCUT2D eigenvalue weighted by atomic mass is 10.1. The first-order valence-corrected chi connectivity index (χ1v) is 6.32. The van der Waals surface area contributed by atoms with Crippen LogP contribution in [0.25, 0.3) is 11.4 Å². The number of tetrazole rings is 1. The maximum Gasteiger partial charge on any atom is 0.185 e. The minimum atomic E-state index is 0.582. The van der Waals surface area contributed by atoms with Crippen molar-refractivity contribution < 1.29 is 4.74 Å². The minimum Gasteiger partial charge on any atom is -0.494 e. The molecule has 0 amide bonds. The van der Waals surface area contributed by atoms with E-state index in [1.165, 1.54) is 0 Å². The average molecular weight is 261 g/mol. The molecule has 102 valence electrons. The smallest absolute Gasteiger partial charge is 0.185 e. The number of nitrogens with zero attached hydrogens (tertiary/aromatic N) is 4. The predicted molar refractivity (Wildman–Crippen MR) is 73.7 cm³/mol. The molecule has 19 heavy (non-hydrogen) atoms. The zero-order chi connectivity index (χ0) is 13.8. The topological polar surface area (TPSA) is 78.8 Å². The van der Waals surface area contributed by atoms with Crippen LogP contribution >= 0.6 is 0 Å². The highest BCUT2D eigenvalue weighted by molar-refractivity contribution is 5.73. The summed E-state index contributed by atoms with van der Waals surface area (Å²) in [5.41, 5.74) is 7.31. The van der Waals surface area contributed by atoms with Crippen LogP contribution in [0.5, 0.6) is 5.75 Å². The van der Waals surface area contributed by atoms with Crippen molar-refractivity contribution in [3.8, 4) is 17.1 Å². The number of nitrogen functional groups attached to an aromatic ring is 1. The van der Waals surface area contributed by atoms with Crippen molar-refractivity contribution in [3.05, 3.63) is 18.2 Å². The summed E-state index contributed by atoms with van der Waals surface area (Å²) in [6, 6.07) is 5.58. The fourth-order valence-electron chi connectivity index (χ4n) is 1.89. The quantitative estimate of drug-likeness (QED) is 0.832. The molecular weight excluding hydrogens is 242 g/mol. The van der Waals surface area contributed by atoms with Crippen molar-refractivity contribution in [2.24, 2.45) is 5.92 Å². The van der Waals surface area contributed by atoms with Crippen molar-refractivity contribution in [1.29, 1.82) is 0 Å². The summed E-state index contributed by atoms with van der Waals surface area (Å²) in [6.07, 6.45) is 1.02. The van der Waals surface area contributed by atoms with Gasteiger partial charge in [-0.25, -0.2) is 4.68 Å². The predicted octanol–water partition coefficient (Wildman–Crippen LogP) is 1.98. The number of para-hydroxylation sites is 1. The Morgan fingerprint density at radius 2 is 2.16 bits per heavy atom. The summed E-state index contributed by atoms with van der Waals surface area (Å²) in [7, 11) is 1.59. The van der Waals surface area contributed by atoms with E-state index >= 15 is 0 Å². The largest absolute Gasteiger partial charge is 0.494 e. The third kappa shape index (κ3) is 2.83. The number of ether oxygens (including phenoxy) is 1. The van der Waals surface area contributed by atoms with Gasteiger partial charge in [0.15, 0.2) is 11.6 Å². The normalized spacial score (nSPS) is 10.9. The molecule has 0 saturated carbocycles. The molecule has 1 heterocycles. The number of hydrogen-bond donors (Lipinski definition) is 1. The van der Waals surface area contributed by atoms with E-state index < -0.39 is 0 Å².